The molecule has 0 saturated heterocycles. The molecule has 2 aromatic rings. The molecule has 0 aliphatic carbocycles. The molecule has 0 bridgehead atoms. The van der Waals surface area contributed by atoms with Gasteiger partial charge in [0, 0.05) is 23.8 Å². The van der Waals surface area contributed by atoms with Gasteiger partial charge in [-0.25, -0.2) is 0 Å². The number of aryl methyl sites for hydroxylation is 3. The summed E-state index contributed by atoms with van der Waals surface area (Å²) in [5, 5.41) is 19.3. The number of quaternary nitrogens is 1. The van der Waals surface area contributed by atoms with Crippen LogP contribution < -0.4 is 9.44 Å². The molecule has 0 N–H and O–H groups in total. The average molecular weight is 315 g/mol. The summed E-state index contributed by atoms with van der Waals surface area (Å²) in [6, 6.07) is 4.06. The van der Waals surface area contributed by atoms with E-state index in [0.29, 0.717) is 6.61 Å². The highest BCUT2D eigenvalue weighted by atomic mass is 16.5. The van der Waals surface area contributed by atoms with Crippen molar-refractivity contribution in [2.24, 2.45) is 15.4 Å². The van der Waals surface area contributed by atoms with Crippen molar-refractivity contribution in [3.63, 3.8) is 0 Å². The molecule has 0 amide bonds. The second-order valence-corrected chi connectivity index (χ2v) is 5.59. The van der Waals surface area contributed by atoms with Gasteiger partial charge in [0.2, 0.25) is 6.34 Å². The van der Waals surface area contributed by atoms with Gasteiger partial charge in [-0.3, -0.25) is 0 Å². The summed E-state index contributed by atoms with van der Waals surface area (Å²) < 4.78 is 11.0. The van der Waals surface area contributed by atoms with Crippen LogP contribution in [0.4, 0.5) is 5.69 Å². The number of aromatic nitrogens is 2. The zero-order valence-corrected chi connectivity index (χ0v) is 13.4. The van der Waals surface area contributed by atoms with Crippen molar-refractivity contribution in [1.82, 2.24) is 15.1 Å². The van der Waals surface area contributed by atoms with E-state index in [1.54, 1.807) is 6.20 Å². The molecule has 3 rings (SSSR count). The molecule has 1 aliphatic rings. The first-order chi connectivity index (χ1) is 11.1. The number of hydrogen-bond donors (Lipinski definition) is 0. The molecule has 1 aliphatic heterocycles. The summed E-state index contributed by atoms with van der Waals surface area (Å²) in [6.07, 6.45) is 4.69. The first-order valence-electron chi connectivity index (χ1n) is 7.42. The Morgan fingerprint density at radius 2 is 2.00 bits per heavy atom. The van der Waals surface area contributed by atoms with Crippen LogP contribution in [0.15, 0.2) is 38.3 Å². The van der Waals surface area contributed by atoms with Gasteiger partial charge >= 0.3 is 0 Å². The summed E-state index contributed by atoms with van der Waals surface area (Å²) in [4.78, 5) is 0. The average Bonchev–Trinajstić information content (AvgIpc) is 3.18. The fourth-order valence-corrected chi connectivity index (χ4v) is 2.51. The number of ether oxygens (including phenoxy) is 1. The van der Waals surface area contributed by atoms with E-state index in [4.69, 9.17) is 9.26 Å². The van der Waals surface area contributed by atoms with Gasteiger partial charge < -0.3 is 9.26 Å². The minimum absolute atomic E-state index is 0.0838. The van der Waals surface area contributed by atoms with Crippen LogP contribution in [0.1, 0.15) is 23.3 Å². The van der Waals surface area contributed by atoms with Crippen LogP contribution in [0, 0.1) is 13.8 Å². The summed E-state index contributed by atoms with van der Waals surface area (Å²) in [7, 11) is 1.88. The molecule has 8 heteroatoms. The fourth-order valence-electron chi connectivity index (χ4n) is 2.51. The standard InChI is InChI=1S/C15H19N6O2/c1-11-7-13(21(3)18-10-17-19-21)8-12(2)15(11)22-6-4-5-14-9-16-20-23-14/h7-10H,4-6H2,1-3H3/q+1. The Hall–Kier alpha value is -2.61. The van der Waals surface area contributed by atoms with E-state index in [2.05, 4.69) is 25.8 Å². The van der Waals surface area contributed by atoms with E-state index < -0.39 is 0 Å². The zero-order chi connectivity index (χ0) is 16.3. The minimum Gasteiger partial charge on any atom is -0.493 e. The van der Waals surface area contributed by atoms with Crippen molar-refractivity contribution >= 4 is 12.0 Å². The van der Waals surface area contributed by atoms with Gasteiger partial charge in [-0.1, -0.05) is 5.11 Å². The topological polar surface area (TPSA) is 85.2 Å². The highest BCUT2D eigenvalue weighted by Gasteiger charge is 2.30. The van der Waals surface area contributed by atoms with E-state index in [1.165, 1.54) is 6.34 Å². The van der Waals surface area contributed by atoms with E-state index >= 15 is 0 Å². The number of rotatable bonds is 6. The van der Waals surface area contributed by atoms with Gasteiger partial charge in [0.05, 0.1) is 18.0 Å². The number of hydrogen-bond acceptors (Lipinski definition) is 7. The van der Waals surface area contributed by atoms with Crippen LogP contribution in [0.5, 0.6) is 5.75 Å². The molecule has 120 valence electrons. The molecule has 1 aromatic heterocycles. The Morgan fingerprint density at radius 3 is 2.61 bits per heavy atom. The van der Waals surface area contributed by atoms with Crippen molar-refractivity contribution in [1.29, 1.82) is 0 Å². The normalized spacial score (nSPS) is 19.4. The number of nitrogens with zero attached hydrogens (tertiary/aromatic N) is 6. The van der Waals surface area contributed by atoms with Crippen LogP contribution in [0.25, 0.3) is 0 Å². The van der Waals surface area contributed by atoms with Gasteiger partial charge in [-0.15, -0.1) is 5.10 Å². The molecule has 0 spiro atoms. The lowest BCUT2D eigenvalue weighted by Gasteiger charge is -2.18. The first kappa shape index (κ1) is 15.3. The van der Waals surface area contributed by atoms with E-state index in [0.717, 1.165) is 41.2 Å². The maximum atomic E-state index is 5.93. The SMILES string of the molecule is Cc1cc([N+]2(C)N=CN=N2)cc(C)c1OCCCc1cnno1. The Morgan fingerprint density at radius 1 is 1.22 bits per heavy atom. The largest absolute Gasteiger partial charge is 0.493 e. The Balaban J connectivity index is 1.66. The third-order valence-electron chi connectivity index (χ3n) is 3.71. The molecular formula is C15H19N6O2+. The molecule has 0 fully saturated rings. The lowest BCUT2D eigenvalue weighted by Crippen LogP contribution is -2.30. The van der Waals surface area contributed by atoms with Crippen molar-refractivity contribution in [2.45, 2.75) is 26.7 Å². The van der Waals surface area contributed by atoms with Gasteiger partial charge in [-0.2, -0.15) is 0 Å². The van der Waals surface area contributed by atoms with E-state index in [9.17, 15) is 0 Å². The Kier molecular flexibility index (Phi) is 4.16. The molecule has 0 saturated carbocycles. The smallest absolute Gasteiger partial charge is 0.202 e. The Bertz CT molecular complexity index is 703. The van der Waals surface area contributed by atoms with Crippen LogP contribution in [-0.2, 0) is 6.42 Å². The predicted octanol–water partition coefficient (Wildman–Crippen LogP) is 2.96. The quantitative estimate of drug-likeness (QED) is 0.606. The van der Waals surface area contributed by atoms with Gasteiger partial charge in [0.1, 0.15) is 12.8 Å². The zero-order valence-electron chi connectivity index (χ0n) is 13.4. The van der Waals surface area contributed by atoms with Crippen LogP contribution in [0.2, 0.25) is 0 Å². The second kappa shape index (κ2) is 6.25. The minimum atomic E-state index is 0.0838. The van der Waals surface area contributed by atoms with Crippen LogP contribution >= 0.6 is 0 Å². The fraction of sp³-hybridized carbons (Fsp3) is 0.400. The third-order valence-corrected chi connectivity index (χ3v) is 3.71. The predicted molar refractivity (Wildman–Crippen MR) is 85.1 cm³/mol. The molecule has 1 atom stereocenters. The van der Waals surface area contributed by atoms with Crippen molar-refractivity contribution < 1.29 is 9.26 Å². The summed E-state index contributed by atoms with van der Waals surface area (Å²) >= 11 is 0. The summed E-state index contributed by atoms with van der Waals surface area (Å²) in [6.45, 7) is 4.65. The molecule has 23 heavy (non-hydrogen) atoms. The second-order valence-electron chi connectivity index (χ2n) is 5.59. The highest BCUT2D eigenvalue weighted by Crippen LogP contribution is 2.33. The maximum absolute atomic E-state index is 5.93. The van der Waals surface area contributed by atoms with Crippen molar-refractivity contribution in [3.8, 4) is 5.75 Å². The Labute approximate surface area is 134 Å². The van der Waals surface area contributed by atoms with Crippen molar-refractivity contribution in [3.05, 3.63) is 35.2 Å². The monoisotopic (exact) mass is 315 g/mol. The summed E-state index contributed by atoms with van der Waals surface area (Å²) in [5.41, 5.74) is 3.06. The molecule has 2 heterocycles. The highest BCUT2D eigenvalue weighted by molar-refractivity contribution is 5.60. The maximum Gasteiger partial charge on any atom is 0.202 e. The summed E-state index contributed by atoms with van der Waals surface area (Å²) in [5.74, 6) is 1.67. The molecule has 0 radical (unpaired) electrons. The first-order valence-corrected chi connectivity index (χ1v) is 7.42. The molecule has 8 nitrogen and oxygen atoms in total. The number of benzene rings is 1. The van der Waals surface area contributed by atoms with Crippen LogP contribution in [0.3, 0.4) is 0 Å². The lowest BCUT2D eigenvalue weighted by atomic mass is 10.1. The van der Waals surface area contributed by atoms with Crippen LogP contribution in [-0.4, -0.2) is 30.4 Å². The lowest BCUT2D eigenvalue weighted by molar-refractivity contribution is 0.294. The van der Waals surface area contributed by atoms with Gasteiger partial charge in [0.25, 0.3) is 0 Å². The molecule has 1 unspecified atom stereocenters. The molecule has 1 aromatic carbocycles. The van der Waals surface area contributed by atoms with E-state index in [-0.39, 0.29) is 4.70 Å². The third kappa shape index (κ3) is 3.26. The van der Waals surface area contributed by atoms with Gasteiger partial charge in [-0.05, 0) is 41.2 Å². The van der Waals surface area contributed by atoms with E-state index in [1.807, 2.05) is 33.0 Å². The molecular weight excluding hydrogens is 296 g/mol. The van der Waals surface area contributed by atoms with Crippen molar-refractivity contribution in [2.75, 3.05) is 13.7 Å². The van der Waals surface area contributed by atoms with Gasteiger partial charge in [0.15, 0.2) is 11.4 Å².